The molecule has 0 amide bonds. The van der Waals surface area contributed by atoms with Gasteiger partial charge in [0.2, 0.25) is 0 Å². The molecule has 0 heterocycles. The molecule has 0 N–H and O–H groups in total. The normalized spacial score (nSPS) is 11.2. The van der Waals surface area contributed by atoms with Gasteiger partial charge in [0.1, 0.15) is 0 Å². The van der Waals surface area contributed by atoms with Crippen molar-refractivity contribution in [2.24, 2.45) is 0 Å². The molecule has 0 aliphatic carbocycles. The Bertz CT molecular complexity index is 1940. The minimum atomic E-state index is 1.23. The molecule has 0 spiro atoms. The van der Waals surface area contributed by atoms with Crippen LogP contribution in [0.5, 0.6) is 0 Å². The molecule has 6 rings (SSSR count). The Morgan fingerprint density at radius 3 is 0.955 bits per heavy atom. The van der Waals surface area contributed by atoms with Gasteiger partial charge in [-0.1, -0.05) is 103 Å². The van der Waals surface area contributed by atoms with Crippen molar-refractivity contribution in [1.82, 2.24) is 0 Å². The van der Waals surface area contributed by atoms with Gasteiger partial charge < -0.3 is 0 Å². The number of hydrogen-bond acceptors (Lipinski definition) is 0. The van der Waals surface area contributed by atoms with E-state index in [-0.39, 0.29) is 0 Å². The van der Waals surface area contributed by atoms with E-state index in [2.05, 4.69) is 165 Å². The van der Waals surface area contributed by atoms with Crippen molar-refractivity contribution >= 4 is 0 Å². The highest BCUT2D eigenvalue weighted by molar-refractivity contribution is 6.10. The molecule has 0 radical (unpaired) electrons. The third kappa shape index (κ3) is 4.99. The zero-order chi connectivity index (χ0) is 31.1. The molecule has 0 saturated heterocycles. The average Bonchev–Trinajstić information content (AvgIpc) is 2.98. The van der Waals surface area contributed by atoms with Gasteiger partial charge in [0.25, 0.3) is 0 Å². The smallest absolute Gasteiger partial charge is 0.000859 e. The second kappa shape index (κ2) is 11.8. The van der Waals surface area contributed by atoms with E-state index in [0.29, 0.717) is 0 Å². The highest BCUT2D eigenvalue weighted by Crippen LogP contribution is 2.54. The summed E-state index contributed by atoms with van der Waals surface area (Å²) in [7, 11) is 0. The van der Waals surface area contributed by atoms with E-state index in [1.165, 1.54) is 100 Å². The number of benzene rings is 6. The summed E-state index contributed by atoms with van der Waals surface area (Å²) < 4.78 is 0. The topological polar surface area (TPSA) is 0 Å². The Morgan fingerprint density at radius 2 is 0.568 bits per heavy atom. The van der Waals surface area contributed by atoms with Crippen molar-refractivity contribution < 1.29 is 0 Å². The van der Waals surface area contributed by atoms with Crippen molar-refractivity contribution in [2.75, 3.05) is 0 Å². The standard InChI is InChI=1S/C44H42/c1-27-16-12-17-28(2)38(27)37-26-36(35-24-10-9-11-25-35)42(39-29(3)18-13-19-30(39)4)44(41-33(7)22-15-23-34(41)8)43(37)40-31(5)20-14-21-32(40)6/h9-26H,1-8H3. The van der Waals surface area contributed by atoms with Crippen LogP contribution in [0, 0.1) is 55.4 Å². The molecule has 0 aliphatic rings. The summed E-state index contributed by atoms with van der Waals surface area (Å²) in [5, 5.41) is 0. The third-order valence-corrected chi connectivity index (χ3v) is 9.36. The minimum absolute atomic E-state index is 1.23. The first-order valence-electron chi connectivity index (χ1n) is 15.7. The summed E-state index contributed by atoms with van der Waals surface area (Å²) in [5.41, 5.74) is 23.4. The summed E-state index contributed by atoms with van der Waals surface area (Å²) >= 11 is 0. The molecule has 0 saturated carbocycles. The largest absolute Gasteiger partial charge is 0.0622 e. The summed E-state index contributed by atoms with van der Waals surface area (Å²) in [6.07, 6.45) is 0. The predicted molar refractivity (Wildman–Crippen MR) is 192 cm³/mol. The molecular formula is C44H42. The molecule has 0 atom stereocenters. The van der Waals surface area contributed by atoms with Crippen LogP contribution in [0.4, 0.5) is 0 Å². The van der Waals surface area contributed by atoms with Crippen LogP contribution < -0.4 is 0 Å². The van der Waals surface area contributed by atoms with Crippen molar-refractivity contribution in [2.45, 2.75) is 55.4 Å². The summed E-state index contributed by atoms with van der Waals surface area (Å²) in [6.45, 7) is 18.2. The van der Waals surface area contributed by atoms with Gasteiger partial charge in [-0.25, -0.2) is 0 Å². The van der Waals surface area contributed by atoms with E-state index in [9.17, 15) is 0 Å². The fourth-order valence-corrected chi connectivity index (χ4v) is 7.36. The number of rotatable bonds is 5. The van der Waals surface area contributed by atoms with Gasteiger partial charge in [0.15, 0.2) is 0 Å². The molecule has 218 valence electrons. The van der Waals surface area contributed by atoms with Crippen molar-refractivity contribution in [3.8, 4) is 55.6 Å². The van der Waals surface area contributed by atoms with Crippen molar-refractivity contribution in [3.63, 3.8) is 0 Å². The molecule has 0 heteroatoms. The fourth-order valence-electron chi connectivity index (χ4n) is 7.36. The van der Waals surface area contributed by atoms with Crippen LogP contribution in [-0.4, -0.2) is 0 Å². The lowest BCUT2D eigenvalue weighted by Gasteiger charge is -2.29. The first-order chi connectivity index (χ1) is 21.2. The van der Waals surface area contributed by atoms with Gasteiger partial charge in [-0.2, -0.15) is 0 Å². The SMILES string of the molecule is Cc1cccc(C)c1-c1cc(-c2ccccc2)c(-c2c(C)cccc2C)c(-c2c(C)cccc2C)c1-c1c(C)cccc1C. The Hall–Kier alpha value is -4.68. The molecule has 6 aromatic rings. The summed E-state index contributed by atoms with van der Waals surface area (Å²) in [4.78, 5) is 0. The molecule has 0 nitrogen and oxygen atoms in total. The number of hydrogen-bond donors (Lipinski definition) is 0. The van der Waals surface area contributed by atoms with Gasteiger partial charge in [0.05, 0.1) is 0 Å². The van der Waals surface area contributed by atoms with Gasteiger partial charge in [0, 0.05) is 0 Å². The second-order valence-corrected chi connectivity index (χ2v) is 12.5. The monoisotopic (exact) mass is 570 g/mol. The molecular weight excluding hydrogens is 528 g/mol. The molecule has 0 aromatic heterocycles. The van der Waals surface area contributed by atoms with E-state index >= 15 is 0 Å². The molecule has 0 aliphatic heterocycles. The zero-order valence-electron chi connectivity index (χ0n) is 27.4. The third-order valence-electron chi connectivity index (χ3n) is 9.36. The maximum Gasteiger partial charge on any atom is -0.000859 e. The summed E-state index contributed by atoms with van der Waals surface area (Å²) in [5.74, 6) is 0. The van der Waals surface area contributed by atoms with Crippen LogP contribution in [0.25, 0.3) is 55.6 Å². The average molecular weight is 571 g/mol. The maximum atomic E-state index is 2.50. The van der Waals surface area contributed by atoms with Gasteiger partial charge in [-0.05, 0) is 162 Å². The first kappa shape index (κ1) is 29.4. The van der Waals surface area contributed by atoms with Crippen LogP contribution in [0.1, 0.15) is 44.5 Å². The second-order valence-electron chi connectivity index (χ2n) is 12.5. The van der Waals surface area contributed by atoms with Crippen LogP contribution in [0.15, 0.2) is 109 Å². The Labute approximate surface area is 264 Å². The molecule has 6 aromatic carbocycles. The molecule has 44 heavy (non-hydrogen) atoms. The highest BCUT2D eigenvalue weighted by Gasteiger charge is 2.28. The van der Waals surface area contributed by atoms with Crippen LogP contribution >= 0.6 is 0 Å². The highest BCUT2D eigenvalue weighted by atomic mass is 14.3. The van der Waals surface area contributed by atoms with E-state index in [1.54, 1.807) is 0 Å². The van der Waals surface area contributed by atoms with Crippen molar-refractivity contribution in [3.05, 3.63) is 154 Å². The van der Waals surface area contributed by atoms with E-state index in [4.69, 9.17) is 0 Å². The maximum absolute atomic E-state index is 2.50. The van der Waals surface area contributed by atoms with Crippen LogP contribution in [0.2, 0.25) is 0 Å². The van der Waals surface area contributed by atoms with E-state index < -0.39 is 0 Å². The number of aryl methyl sites for hydroxylation is 8. The zero-order valence-corrected chi connectivity index (χ0v) is 27.4. The lowest BCUT2D eigenvalue weighted by molar-refractivity contribution is 1.33. The van der Waals surface area contributed by atoms with Gasteiger partial charge >= 0.3 is 0 Å². The molecule has 0 fully saturated rings. The predicted octanol–water partition coefficient (Wildman–Crippen LogP) is 12.5. The quantitative estimate of drug-likeness (QED) is 0.193. The Kier molecular flexibility index (Phi) is 7.87. The first-order valence-corrected chi connectivity index (χ1v) is 15.7. The van der Waals surface area contributed by atoms with Crippen molar-refractivity contribution in [1.29, 1.82) is 0 Å². The molecule has 0 unspecified atom stereocenters. The van der Waals surface area contributed by atoms with Crippen LogP contribution in [-0.2, 0) is 0 Å². The minimum Gasteiger partial charge on any atom is -0.0622 e. The van der Waals surface area contributed by atoms with Gasteiger partial charge in [-0.3, -0.25) is 0 Å². The molecule has 0 bridgehead atoms. The van der Waals surface area contributed by atoms with Crippen LogP contribution in [0.3, 0.4) is 0 Å². The Morgan fingerprint density at radius 1 is 0.250 bits per heavy atom. The fraction of sp³-hybridized carbons (Fsp3) is 0.182. The Balaban J connectivity index is 2.01. The van der Waals surface area contributed by atoms with E-state index in [0.717, 1.165) is 0 Å². The van der Waals surface area contributed by atoms with Gasteiger partial charge in [-0.15, -0.1) is 0 Å². The van der Waals surface area contributed by atoms with E-state index in [1.807, 2.05) is 0 Å². The summed E-state index contributed by atoms with van der Waals surface area (Å²) in [6, 6.07) is 40.4. The lowest BCUT2D eigenvalue weighted by atomic mass is 9.74. The lowest BCUT2D eigenvalue weighted by Crippen LogP contribution is -2.04.